The van der Waals surface area contributed by atoms with Crippen molar-refractivity contribution in [1.29, 1.82) is 0 Å². The lowest BCUT2D eigenvalue weighted by Gasteiger charge is -2.08. The van der Waals surface area contributed by atoms with E-state index in [1.54, 1.807) is 31.8 Å². The van der Waals surface area contributed by atoms with Crippen LogP contribution in [0.5, 0.6) is 0 Å². The molecule has 23 heavy (non-hydrogen) atoms. The zero-order chi connectivity index (χ0) is 16.8. The number of amidine groups is 1. The van der Waals surface area contributed by atoms with Gasteiger partial charge in [0.2, 0.25) is 0 Å². The van der Waals surface area contributed by atoms with Crippen LogP contribution in [-0.2, 0) is 11.2 Å². The maximum Gasteiger partial charge on any atom is 0.355 e. The molecule has 1 aromatic carbocycles. The molecule has 0 aliphatic carbocycles. The maximum atomic E-state index is 12.2. The van der Waals surface area contributed by atoms with Crippen molar-refractivity contribution in [3.05, 3.63) is 34.5 Å². The first-order valence-electron chi connectivity index (χ1n) is 7.32. The molecule has 0 aliphatic heterocycles. The van der Waals surface area contributed by atoms with Gasteiger partial charge in [0.25, 0.3) is 0 Å². The summed E-state index contributed by atoms with van der Waals surface area (Å²) in [6, 6.07) is 5.54. The number of benzene rings is 1. The van der Waals surface area contributed by atoms with Crippen LogP contribution in [0.2, 0.25) is 5.02 Å². The molecule has 0 amide bonds. The average molecular weight is 354 g/mol. The number of carbonyl (C=O) groups is 1. The number of thioether (sulfide) groups is 1. The first-order valence-corrected chi connectivity index (χ1v) is 8.92. The molecule has 7 heteroatoms. The zero-order valence-electron chi connectivity index (χ0n) is 13.4. The van der Waals surface area contributed by atoms with Crippen molar-refractivity contribution in [2.45, 2.75) is 13.3 Å². The lowest BCUT2D eigenvalue weighted by molar-refractivity contribution is 0.0519. The van der Waals surface area contributed by atoms with Crippen LogP contribution < -0.4 is 5.32 Å². The highest BCUT2D eigenvalue weighted by molar-refractivity contribution is 8.13. The van der Waals surface area contributed by atoms with Crippen LogP contribution in [-0.4, -0.2) is 42.6 Å². The van der Waals surface area contributed by atoms with E-state index in [1.165, 1.54) is 0 Å². The van der Waals surface area contributed by atoms with Gasteiger partial charge in [-0.3, -0.25) is 4.99 Å². The largest absolute Gasteiger partial charge is 0.461 e. The van der Waals surface area contributed by atoms with Crippen molar-refractivity contribution < 1.29 is 9.53 Å². The number of carbonyl (C=O) groups excluding carboxylic acids is 1. The van der Waals surface area contributed by atoms with E-state index in [4.69, 9.17) is 16.3 Å². The topological polar surface area (TPSA) is 66.5 Å². The molecular weight excluding hydrogens is 334 g/mol. The van der Waals surface area contributed by atoms with Crippen LogP contribution in [0.1, 0.15) is 23.0 Å². The van der Waals surface area contributed by atoms with E-state index < -0.39 is 0 Å². The molecular formula is C16H20ClN3O2S. The number of aromatic nitrogens is 1. The molecule has 1 aromatic heterocycles. The van der Waals surface area contributed by atoms with Gasteiger partial charge in [-0.15, -0.1) is 0 Å². The van der Waals surface area contributed by atoms with E-state index in [2.05, 4.69) is 15.3 Å². The molecule has 0 saturated heterocycles. The number of nitrogens with one attached hydrogen (secondary N) is 2. The summed E-state index contributed by atoms with van der Waals surface area (Å²) in [5, 5.41) is 5.70. The fourth-order valence-electron chi connectivity index (χ4n) is 2.39. The molecule has 1 heterocycles. The number of halogens is 1. The highest BCUT2D eigenvalue weighted by Gasteiger charge is 2.18. The van der Waals surface area contributed by atoms with Crippen molar-refractivity contribution >= 4 is 45.4 Å². The van der Waals surface area contributed by atoms with Gasteiger partial charge in [-0.05, 0) is 43.4 Å². The lowest BCUT2D eigenvalue weighted by Crippen LogP contribution is -2.23. The SMILES string of the molecule is CCOC(=O)c1[nH]c2ccc(Cl)cc2c1CCNC(=NC)SC. The Kier molecular flexibility index (Phi) is 6.36. The van der Waals surface area contributed by atoms with E-state index in [0.29, 0.717) is 30.3 Å². The van der Waals surface area contributed by atoms with Crippen molar-refractivity contribution in [2.75, 3.05) is 26.5 Å². The third-order valence-electron chi connectivity index (χ3n) is 3.40. The second-order valence-electron chi connectivity index (χ2n) is 4.80. The van der Waals surface area contributed by atoms with Gasteiger partial charge in [-0.25, -0.2) is 4.79 Å². The Morgan fingerprint density at radius 3 is 2.91 bits per heavy atom. The molecule has 0 bridgehead atoms. The van der Waals surface area contributed by atoms with Gasteiger partial charge in [0.05, 0.1) is 6.61 Å². The Morgan fingerprint density at radius 1 is 1.48 bits per heavy atom. The minimum Gasteiger partial charge on any atom is -0.461 e. The normalized spacial score (nSPS) is 11.7. The summed E-state index contributed by atoms with van der Waals surface area (Å²) in [4.78, 5) is 19.5. The number of aliphatic imine (C=N–C) groups is 1. The van der Waals surface area contributed by atoms with Gasteiger partial charge in [-0.1, -0.05) is 23.4 Å². The number of esters is 1. The predicted molar refractivity (Wildman–Crippen MR) is 97.8 cm³/mol. The Morgan fingerprint density at radius 2 is 2.26 bits per heavy atom. The third kappa shape index (κ3) is 4.20. The fraction of sp³-hybridized carbons (Fsp3) is 0.375. The van der Waals surface area contributed by atoms with Crippen LogP contribution >= 0.6 is 23.4 Å². The number of hydrogen-bond acceptors (Lipinski definition) is 4. The zero-order valence-corrected chi connectivity index (χ0v) is 15.0. The molecule has 0 spiro atoms. The van der Waals surface area contributed by atoms with Crippen LogP contribution in [0.25, 0.3) is 10.9 Å². The molecule has 0 fully saturated rings. The summed E-state index contributed by atoms with van der Waals surface area (Å²) in [6.07, 6.45) is 2.62. The second kappa shape index (κ2) is 8.26. The molecule has 124 valence electrons. The standard InChI is InChI=1S/C16H20ClN3O2S/c1-4-22-15(21)14-11(7-8-19-16(18-2)23-3)12-9-10(17)5-6-13(12)20-14/h5-6,9,20H,4,7-8H2,1-3H3,(H,18,19). The maximum absolute atomic E-state index is 12.2. The lowest BCUT2D eigenvalue weighted by atomic mass is 10.1. The number of nitrogens with zero attached hydrogens (tertiary/aromatic N) is 1. The predicted octanol–water partition coefficient (Wildman–Crippen LogP) is 3.48. The summed E-state index contributed by atoms with van der Waals surface area (Å²) >= 11 is 7.65. The molecule has 0 atom stereocenters. The van der Waals surface area contributed by atoms with E-state index in [9.17, 15) is 4.79 Å². The monoisotopic (exact) mass is 353 g/mol. The number of H-pyrrole nitrogens is 1. The molecule has 0 radical (unpaired) electrons. The Balaban J connectivity index is 2.32. The molecule has 2 aromatic rings. The van der Waals surface area contributed by atoms with Gasteiger partial charge in [0.15, 0.2) is 5.17 Å². The number of rotatable bonds is 5. The summed E-state index contributed by atoms with van der Waals surface area (Å²) in [5.74, 6) is -0.343. The third-order valence-corrected chi connectivity index (χ3v) is 4.34. The average Bonchev–Trinajstić information content (AvgIpc) is 2.90. The quantitative estimate of drug-likeness (QED) is 0.490. The smallest absolute Gasteiger partial charge is 0.355 e. The Bertz CT molecular complexity index is 727. The highest BCUT2D eigenvalue weighted by atomic mass is 35.5. The number of aromatic amines is 1. The first kappa shape index (κ1) is 17.7. The molecule has 5 nitrogen and oxygen atoms in total. The van der Waals surface area contributed by atoms with E-state index >= 15 is 0 Å². The summed E-state index contributed by atoms with van der Waals surface area (Å²) < 4.78 is 5.15. The van der Waals surface area contributed by atoms with Crippen LogP contribution in [0.4, 0.5) is 0 Å². The summed E-state index contributed by atoms with van der Waals surface area (Å²) in [5.41, 5.74) is 2.27. The van der Waals surface area contributed by atoms with Crippen LogP contribution in [0.15, 0.2) is 23.2 Å². The first-order chi connectivity index (χ1) is 11.1. The molecule has 0 saturated carbocycles. The molecule has 2 N–H and O–H groups in total. The number of fused-ring (bicyclic) bond motifs is 1. The van der Waals surface area contributed by atoms with Crippen molar-refractivity contribution in [2.24, 2.45) is 4.99 Å². The number of ether oxygens (including phenoxy) is 1. The highest BCUT2D eigenvalue weighted by Crippen LogP contribution is 2.26. The molecule has 0 aliphatic rings. The van der Waals surface area contributed by atoms with Crippen molar-refractivity contribution in [3.8, 4) is 0 Å². The summed E-state index contributed by atoms with van der Waals surface area (Å²) in [7, 11) is 1.74. The van der Waals surface area contributed by atoms with Crippen molar-refractivity contribution in [3.63, 3.8) is 0 Å². The summed E-state index contributed by atoms with van der Waals surface area (Å²) in [6.45, 7) is 2.80. The second-order valence-corrected chi connectivity index (χ2v) is 6.03. The van der Waals surface area contributed by atoms with Crippen molar-refractivity contribution in [1.82, 2.24) is 10.3 Å². The van der Waals surface area contributed by atoms with Gasteiger partial charge in [0.1, 0.15) is 5.69 Å². The van der Waals surface area contributed by atoms with E-state index in [0.717, 1.165) is 21.6 Å². The Hall–Kier alpha value is -1.66. The van der Waals surface area contributed by atoms with Gasteiger partial charge < -0.3 is 15.0 Å². The van der Waals surface area contributed by atoms with Crippen LogP contribution in [0.3, 0.4) is 0 Å². The minimum absolute atomic E-state index is 0.339. The van der Waals surface area contributed by atoms with Gasteiger partial charge in [-0.2, -0.15) is 0 Å². The minimum atomic E-state index is -0.343. The van der Waals surface area contributed by atoms with Gasteiger partial charge >= 0.3 is 5.97 Å². The fourth-order valence-corrected chi connectivity index (χ4v) is 3.00. The van der Waals surface area contributed by atoms with E-state index in [-0.39, 0.29) is 5.97 Å². The van der Waals surface area contributed by atoms with Crippen LogP contribution in [0, 0.1) is 0 Å². The molecule has 2 rings (SSSR count). The Labute approximate surface area is 144 Å². The van der Waals surface area contributed by atoms with E-state index in [1.807, 2.05) is 18.4 Å². The molecule has 0 unspecified atom stereocenters. The number of hydrogen-bond donors (Lipinski definition) is 2. The van der Waals surface area contributed by atoms with Gasteiger partial charge in [0, 0.05) is 29.5 Å².